The van der Waals surface area contributed by atoms with Gasteiger partial charge in [0.05, 0.1) is 16.6 Å². The standard InChI is InChI=1S/C18H27F3O2S/c1-15(2)24(22,23)14-8-6-4-3-5-7-9-16-10-12-17(13-11-16)18(19,20)21/h10-13,15H,3-9,14H2,1-2H3. The van der Waals surface area contributed by atoms with Gasteiger partial charge >= 0.3 is 6.18 Å². The molecule has 0 heterocycles. The van der Waals surface area contributed by atoms with Gasteiger partial charge in [0.15, 0.2) is 9.84 Å². The smallest absolute Gasteiger partial charge is 0.229 e. The number of alkyl halides is 3. The normalized spacial score (nSPS) is 12.8. The Morgan fingerprint density at radius 2 is 1.38 bits per heavy atom. The molecule has 0 fully saturated rings. The van der Waals surface area contributed by atoms with E-state index in [0.717, 1.165) is 56.2 Å². The Kier molecular flexibility index (Phi) is 8.27. The van der Waals surface area contributed by atoms with Crippen molar-refractivity contribution in [3.05, 3.63) is 35.4 Å². The van der Waals surface area contributed by atoms with E-state index >= 15 is 0 Å². The second-order valence-electron chi connectivity index (χ2n) is 6.48. The molecule has 0 N–H and O–H groups in total. The third kappa shape index (κ3) is 7.69. The third-order valence-corrected chi connectivity index (χ3v) is 6.44. The van der Waals surface area contributed by atoms with Crippen molar-refractivity contribution in [2.24, 2.45) is 0 Å². The van der Waals surface area contributed by atoms with Crippen molar-refractivity contribution in [3.63, 3.8) is 0 Å². The van der Waals surface area contributed by atoms with E-state index in [0.29, 0.717) is 6.42 Å². The van der Waals surface area contributed by atoms with Gasteiger partial charge in [-0.25, -0.2) is 8.42 Å². The number of aryl methyl sites for hydroxylation is 1. The van der Waals surface area contributed by atoms with Crippen LogP contribution in [-0.2, 0) is 22.4 Å². The summed E-state index contributed by atoms with van der Waals surface area (Å²) in [6.07, 6.45) is 2.10. The first kappa shape index (κ1) is 21.0. The van der Waals surface area contributed by atoms with E-state index in [1.165, 1.54) is 0 Å². The predicted octanol–water partition coefficient (Wildman–Crippen LogP) is 5.41. The second-order valence-corrected chi connectivity index (χ2v) is 9.16. The summed E-state index contributed by atoms with van der Waals surface area (Å²) in [7, 11) is -2.93. The average molecular weight is 364 g/mol. The summed E-state index contributed by atoms with van der Waals surface area (Å²) in [5, 5.41) is -0.304. The van der Waals surface area contributed by atoms with Crippen LogP contribution in [0.1, 0.15) is 63.5 Å². The Bertz CT molecular complexity index is 575. The zero-order valence-corrected chi connectivity index (χ0v) is 15.2. The maximum absolute atomic E-state index is 12.5. The van der Waals surface area contributed by atoms with Crippen molar-refractivity contribution in [3.8, 4) is 0 Å². The highest BCUT2D eigenvalue weighted by Gasteiger charge is 2.29. The molecule has 1 rings (SSSR count). The minimum Gasteiger partial charge on any atom is -0.229 e. The molecule has 1 aromatic rings. The van der Waals surface area contributed by atoms with Crippen LogP contribution in [0, 0.1) is 0 Å². The van der Waals surface area contributed by atoms with Crippen LogP contribution in [0.25, 0.3) is 0 Å². The number of hydrogen-bond donors (Lipinski definition) is 0. The number of sulfone groups is 1. The first-order valence-electron chi connectivity index (χ1n) is 8.50. The third-order valence-electron chi connectivity index (χ3n) is 4.14. The van der Waals surface area contributed by atoms with Crippen molar-refractivity contribution in [1.29, 1.82) is 0 Å². The van der Waals surface area contributed by atoms with E-state index in [9.17, 15) is 21.6 Å². The van der Waals surface area contributed by atoms with Gasteiger partial charge in [0.1, 0.15) is 0 Å². The maximum atomic E-state index is 12.5. The predicted molar refractivity (Wildman–Crippen MR) is 91.8 cm³/mol. The van der Waals surface area contributed by atoms with E-state index in [1.54, 1.807) is 26.0 Å². The molecule has 0 unspecified atom stereocenters. The van der Waals surface area contributed by atoms with Gasteiger partial charge < -0.3 is 0 Å². The highest BCUT2D eigenvalue weighted by Crippen LogP contribution is 2.29. The SMILES string of the molecule is CC(C)S(=O)(=O)CCCCCCCCc1ccc(C(F)(F)F)cc1. The summed E-state index contributed by atoms with van der Waals surface area (Å²) in [6, 6.07) is 5.34. The Balaban J connectivity index is 2.12. The summed E-state index contributed by atoms with van der Waals surface area (Å²) < 4.78 is 60.6. The number of rotatable bonds is 10. The summed E-state index contributed by atoms with van der Waals surface area (Å²) in [5.41, 5.74) is 0.314. The molecule has 6 heteroatoms. The maximum Gasteiger partial charge on any atom is 0.416 e. The summed E-state index contributed by atoms with van der Waals surface area (Å²) in [4.78, 5) is 0. The summed E-state index contributed by atoms with van der Waals surface area (Å²) >= 11 is 0. The van der Waals surface area contributed by atoms with Crippen LogP contribution in [0.4, 0.5) is 13.2 Å². The van der Waals surface area contributed by atoms with Crippen molar-refractivity contribution in [2.45, 2.75) is 70.2 Å². The largest absolute Gasteiger partial charge is 0.416 e. The lowest BCUT2D eigenvalue weighted by Crippen LogP contribution is -2.17. The summed E-state index contributed by atoms with van der Waals surface area (Å²) in [5.74, 6) is 0.260. The topological polar surface area (TPSA) is 34.1 Å². The lowest BCUT2D eigenvalue weighted by molar-refractivity contribution is -0.137. The number of unbranched alkanes of at least 4 members (excludes halogenated alkanes) is 5. The molecule has 0 amide bonds. The fourth-order valence-electron chi connectivity index (χ4n) is 2.44. The second kappa shape index (κ2) is 9.44. The first-order valence-corrected chi connectivity index (χ1v) is 10.2. The zero-order chi connectivity index (χ0) is 18.2. The molecule has 0 radical (unpaired) electrons. The first-order chi connectivity index (χ1) is 11.1. The van der Waals surface area contributed by atoms with Gasteiger partial charge in [0.25, 0.3) is 0 Å². The lowest BCUT2D eigenvalue weighted by Gasteiger charge is -2.08. The van der Waals surface area contributed by atoms with Crippen LogP contribution in [0.2, 0.25) is 0 Å². The fraction of sp³-hybridized carbons (Fsp3) is 0.667. The molecule has 0 spiro atoms. The van der Waals surface area contributed by atoms with Gasteiger partial charge in [-0.2, -0.15) is 13.2 Å². The van der Waals surface area contributed by atoms with Gasteiger partial charge in [-0.3, -0.25) is 0 Å². The highest BCUT2D eigenvalue weighted by atomic mass is 32.2. The molecule has 0 aromatic heterocycles. The lowest BCUT2D eigenvalue weighted by atomic mass is 10.0. The molecule has 0 saturated carbocycles. The molecule has 0 bridgehead atoms. The molecule has 0 aliphatic rings. The van der Waals surface area contributed by atoms with Crippen LogP contribution in [-0.4, -0.2) is 19.4 Å². The van der Waals surface area contributed by atoms with Crippen molar-refractivity contribution in [1.82, 2.24) is 0 Å². The number of halogens is 3. The average Bonchev–Trinajstić information content (AvgIpc) is 2.49. The Hall–Kier alpha value is -1.04. The van der Waals surface area contributed by atoms with Crippen LogP contribution in [0.15, 0.2) is 24.3 Å². The molecule has 24 heavy (non-hydrogen) atoms. The molecule has 0 saturated heterocycles. The van der Waals surface area contributed by atoms with Crippen molar-refractivity contribution in [2.75, 3.05) is 5.75 Å². The monoisotopic (exact) mass is 364 g/mol. The Morgan fingerprint density at radius 1 is 0.875 bits per heavy atom. The van der Waals surface area contributed by atoms with Gasteiger partial charge in [0.2, 0.25) is 0 Å². The van der Waals surface area contributed by atoms with Crippen molar-refractivity contribution < 1.29 is 21.6 Å². The molecule has 0 aliphatic heterocycles. The van der Waals surface area contributed by atoms with Gasteiger partial charge in [-0.05, 0) is 50.8 Å². The molecular formula is C18H27F3O2S. The van der Waals surface area contributed by atoms with Crippen LogP contribution in [0.3, 0.4) is 0 Å². The Labute approximate surface area is 143 Å². The van der Waals surface area contributed by atoms with Crippen molar-refractivity contribution >= 4 is 9.84 Å². The Morgan fingerprint density at radius 3 is 1.88 bits per heavy atom. The van der Waals surface area contributed by atoms with E-state index in [4.69, 9.17) is 0 Å². The molecule has 1 aromatic carbocycles. The summed E-state index contributed by atoms with van der Waals surface area (Å²) in [6.45, 7) is 3.41. The number of benzene rings is 1. The molecular weight excluding hydrogens is 337 g/mol. The molecule has 0 aliphatic carbocycles. The van der Waals surface area contributed by atoms with E-state index in [1.807, 2.05) is 0 Å². The number of hydrogen-bond acceptors (Lipinski definition) is 2. The van der Waals surface area contributed by atoms with E-state index < -0.39 is 21.6 Å². The molecule has 0 atom stereocenters. The minimum atomic E-state index is -4.28. The fourth-order valence-corrected chi connectivity index (χ4v) is 3.51. The minimum absolute atomic E-state index is 0.260. The van der Waals surface area contributed by atoms with Crippen LogP contribution in [0.5, 0.6) is 0 Å². The molecule has 138 valence electrons. The van der Waals surface area contributed by atoms with Gasteiger partial charge in [0, 0.05) is 0 Å². The van der Waals surface area contributed by atoms with Gasteiger partial charge in [-0.15, -0.1) is 0 Å². The zero-order valence-electron chi connectivity index (χ0n) is 14.4. The van der Waals surface area contributed by atoms with E-state index in [2.05, 4.69) is 0 Å². The molecule has 2 nitrogen and oxygen atoms in total. The highest BCUT2D eigenvalue weighted by molar-refractivity contribution is 7.91. The quantitative estimate of drug-likeness (QED) is 0.520. The van der Waals surface area contributed by atoms with Crippen LogP contribution < -0.4 is 0 Å². The van der Waals surface area contributed by atoms with E-state index in [-0.39, 0.29) is 11.0 Å². The van der Waals surface area contributed by atoms with Crippen LogP contribution >= 0.6 is 0 Å². The van der Waals surface area contributed by atoms with Gasteiger partial charge in [-0.1, -0.05) is 37.8 Å².